The molecule has 1 saturated carbocycles. The molecule has 4 nitrogen and oxygen atoms in total. The first-order valence-electron chi connectivity index (χ1n) is 8.69. The van der Waals surface area contributed by atoms with Crippen molar-refractivity contribution in [2.24, 2.45) is 5.92 Å². The lowest BCUT2D eigenvalue weighted by molar-refractivity contribution is 0.129. The molecule has 20 heavy (non-hydrogen) atoms. The molecular formula is C16H34N4. The zero-order valence-corrected chi connectivity index (χ0v) is 13.6. The highest BCUT2D eigenvalue weighted by Crippen LogP contribution is 2.29. The Kier molecular flexibility index (Phi) is 7.28. The fourth-order valence-electron chi connectivity index (χ4n) is 3.00. The molecule has 0 spiro atoms. The fourth-order valence-corrected chi connectivity index (χ4v) is 3.00. The third-order valence-electron chi connectivity index (χ3n) is 4.78. The summed E-state index contributed by atoms with van der Waals surface area (Å²) in [4.78, 5) is 7.76. The second-order valence-electron chi connectivity index (χ2n) is 6.36. The number of piperazine rings is 1. The Morgan fingerprint density at radius 3 is 2.20 bits per heavy atom. The van der Waals surface area contributed by atoms with E-state index in [0.717, 1.165) is 19.0 Å². The highest BCUT2D eigenvalue weighted by molar-refractivity contribution is 4.80. The minimum atomic E-state index is 1.04. The average Bonchev–Trinajstić information content (AvgIpc) is 3.29. The van der Waals surface area contributed by atoms with E-state index in [1.165, 1.54) is 71.7 Å². The molecule has 0 amide bonds. The van der Waals surface area contributed by atoms with Gasteiger partial charge in [0.25, 0.3) is 0 Å². The van der Waals surface area contributed by atoms with Crippen LogP contribution in [0.2, 0.25) is 0 Å². The van der Waals surface area contributed by atoms with Gasteiger partial charge in [-0.25, -0.2) is 0 Å². The molecule has 0 bridgehead atoms. The maximum absolute atomic E-state index is 3.59. The monoisotopic (exact) mass is 282 g/mol. The van der Waals surface area contributed by atoms with Gasteiger partial charge in [-0.1, -0.05) is 13.8 Å². The molecule has 0 radical (unpaired) electrons. The van der Waals surface area contributed by atoms with Gasteiger partial charge in [0.15, 0.2) is 0 Å². The van der Waals surface area contributed by atoms with Gasteiger partial charge in [-0.05, 0) is 31.8 Å². The number of hydrogen-bond donors (Lipinski definition) is 1. The summed E-state index contributed by atoms with van der Waals surface area (Å²) in [7, 11) is 0. The lowest BCUT2D eigenvalue weighted by Crippen LogP contribution is -2.48. The van der Waals surface area contributed by atoms with Crippen LogP contribution in [-0.4, -0.2) is 86.7 Å². The fraction of sp³-hybridized carbons (Fsp3) is 1.00. The SMILES string of the molecule is CCN(CC)CCNCCN1CCN(CC2CC2)CC1. The lowest BCUT2D eigenvalue weighted by atomic mass is 10.3. The molecule has 1 heterocycles. The van der Waals surface area contributed by atoms with Crippen LogP contribution in [0.15, 0.2) is 0 Å². The van der Waals surface area contributed by atoms with Crippen molar-refractivity contribution in [1.82, 2.24) is 20.0 Å². The Balaban J connectivity index is 1.44. The molecule has 0 aromatic carbocycles. The normalized spacial score (nSPS) is 21.8. The van der Waals surface area contributed by atoms with Crippen molar-refractivity contribution in [3.8, 4) is 0 Å². The van der Waals surface area contributed by atoms with Crippen molar-refractivity contribution in [3.63, 3.8) is 0 Å². The first-order chi connectivity index (χ1) is 9.81. The van der Waals surface area contributed by atoms with Gasteiger partial charge in [-0.15, -0.1) is 0 Å². The molecule has 4 heteroatoms. The topological polar surface area (TPSA) is 21.8 Å². The Morgan fingerprint density at radius 2 is 1.60 bits per heavy atom. The van der Waals surface area contributed by atoms with Crippen molar-refractivity contribution in [2.75, 3.05) is 72.0 Å². The molecule has 0 atom stereocenters. The average molecular weight is 282 g/mol. The van der Waals surface area contributed by atoms with Gasteiger partial charge in [0, 0.05) is 58.9 Å². The third kappa shape index (κ3) is 6.08. The van der Waals surface area contributed by atoms with Crippen LogP contribution in [0, 0.1) is 5.92 Å². The highest BCUT2D eigenvalue weighted by atomic mass is 15.3. The zero-order chi connectivity index (χ0) is 14.2. The molecule has 0 aromatic heterocycles. The third-order valence-corrected chi connectivity index (χ3v) is 4.78. The molecule has 2 rings (SSSR count). The maximum Gasteiger partial charge on any atom is 0.0110 e. The van der Waals surface area contributed by atoms with E-state index in [4.69, 9.17) is 0 Å². The number of nitrogens with zero attached hydrogens (tertiary/aromatic N) is 3. The van der Waals surface area contributed by atoms with Gasteiger partial charge < -0.3 is 15.1 Å². The largest absolute Gasteiger partial charge is 0.314 e. The molecule has 118 valence electrons. The van der Waals surface area contributed by atoms with Crippen LogP contribution < -0.4 is 5.32 Å². The summed E-state index contributed by atoms with van der Waals surface area (Å²) in [6.45, 7) is 18.0. The van der Waals surface area contributed by atoms with E-state index >= 15 is 0 Å². The first kappa shape index (κ1) is 16.2. The zero-order valence-electron chi connectivity index (χ0n) is 13.6. The molecular weight excluding hydrogens is 248 g/mol. The van der Waals surface area contributed by atoms with E-state index in [1.54, 1.807) is 0 Å². The molecule has 2 fully saturated rings. The van der Waals surface area contributed by atoms with E-state index in [-0.39, 0.29) is 0 Å². The quantitative estimate of drug-likeness (QED) is 0.602. The van der Waals surface area contributed by atoms with Crippen LogP contribution in [0.4, 0.5) is 0 Å². The van der Waals surface area contributed by atoms with E-state index in [2.05, 4.69) is 33.9 Å². The summed E-state index contributed by atoms with van der Waals surface area (Å²) in [5.41, 5.74) is 0. The Bertz CT molecular complexity index is 243. The van der Waals surface area contributed by atoms with E-state index in [9.17, 15) is 0 Å². The van der Waals surface area contributed by atoms with Crippen molar-refractivity contribution in [1.29, 1.82) is 0 Å². The van der Waals surface area contributed by atoms with Gasteiger partial charge in [-0.3, -0.25) is 4.90 Å². The van der Waals surface area contributed by atoms with Gasteiger partial charge in [0.1, 0.15) is 0 Å². The highest BCUT2D eigenvalue weighted by Gasteiger charge is 2.26. The predicted octanol–water partition coefficient (Wildman–Crippen LogP) is 0.945. The summed E-state index contributed by atoms with van der Waals surface area (Å²) in [6, 6.07) is 0. The van der Waals surface area contributed by atoms with Gasteiger partial charge in [0.05, 0.1) is 0 Å². The summed E-state index contributed by atoms with van der Waals surface area (Å²) < 4.78 is 0. The maximum atomic E-state index is 3.59. The predicted molar refractivity (Wildman–Crippen MR) is 86.3 cm³/mol. The minimum absolute atomic E-state index is 1.04. The van der Waals surface area contributed by atoms with Gasteiger partial charge in [-0.2, -0.15) is 0 Å². The molecule has 2 aliphatic rings. The molecule has 0 unspecified atom stereocenters. The van der Waals surface area contributed by atoms with E-state index in [1.807, 2.05) is 0 Å². The van der Waals surface area contributed by atoms with Gasteiger partial charge >= 0.3 is 0 Å². The number of rotatable bonds is 10. The van der Waals surface area contributed by atoms with Crippen LogP contribution in [0.25, 0.3) is 0 Å². The Morgan fingerprint density at radius 1 is 0.950 bits per heavy atom. The Labute approximate surface area is 125 Å². The molecule has 1 aliphatic heterocycles. The van der Waals surface area contributed by atoms with Crippen molar-refractivity contribution < 1.29 is 0 Å². The second kappa shape index (κ2) is 8.98. The number of hydrogen-bond acceptors (Lipinski definition) is 4. The smallest absolute Gasteiger partial charge is 0.0110 e. The van der Waals surface area contributed by atoms with Crippen molar-refractivity contribution in [3.05, 3.63) is 0 Å². The lowest BCUT2D eigenvalue weighted by Gasteiger charge is -2.34. The van der Waals surface area contributed by atoms with Crippen LogP contribution in [0.3, 0.4) is 0 Å². The van der Waals surface area contributed by atoms with Crippen LogP contribution in [0.1, 0.15) is 26.7 Å². The van der Waals surface area contributed by atoms with Crippen LogP contribution in [-0.2, 0) is 0 Å². The summed E-state index contributed by atoms with van der Waals surface area (Å²) in [5.74, 6) is 1.04. The summed E-state index contributed by atoms with van der Waals surface area (Å²) >= 11 is 0. The standard InChI is InChI=1S/C16H34N4/c1-3-18(4-2)9-7-17-8-10-19-11-13-20(14-12-19)15-16-5-6-16/h16-17H,3-15H2,1-2H3. The van der Waals surface area contributed by atoms with Crippen molar-refractivity contribution >= 4 is 0 Å². The van der Waals surface area contributed by atoms with Crippen LogP contribution >= 0.6 is 0 Å². The van der Waals surface area contributed by atoms with E-state index < -0.39 is 0 Å². The minimum Gasteiger partial charge on any atom is -0.314 e. The second-order valence-corrected chi connectivity index (χ2v) is 6.36. The van der Waals surface area contributed by atoms with E-state index in [0.29, 0.717) is 0 Å². The van der Waals surface area contributed by atoms with Crippen molar-refractivity contribution in [2.45, 2.75) is 26.7 Å². The molecule has 0 aromatic rings. The Hall–Kier alpha value is -0.160. The molecule has 1 N–H and O–H groups in total. The molecule has 1 saturated heterocycles. The summed E-state index contributed by atoms with van der Waals surface area (Å²) in [6.07, 6.45) is 2.97. The molecule has 1 aliphatic carbocycles. The summed E-state index contributed by atoms with van der Waals surface area (Å²) in [5, 5.41) is 3.59. The van der Waals surface area contributed by atoms with Gasteiger partial charge in [0.2, 0.25) is 0 Å². The first-order valence-corrected chi connectivity index (χ1v) is 8.69. The number of nitrogens with one attached hydrogen (secondary N) is 1. The number of likely N-dealkylation sites (N-methyl/N-ethyl adjacent to an activating group) is 1. The van der Waals surface area contributed by atoms with Crippen LogP contribution in [0.5, 0.6) is 0 Å².